The van der Waals surface area contributed by atoms with E-state index in [4.69, 9.17) is 4.74 Å². The maximum Gasteiger partial charge on any atom is 0.306 e. The van der Waals surface area contributed by atoms with E-state index in [1.54, 1.807) is 0 Å². The smallest absolute Gasteiger partial charge is 0.306 e. The molecule has 41 heavy (non-hydrogen) atoms. The Morgan fingerprint density at radius 2 is 1.29 bits per heavy atom. The molecule has 0 aliphatic carbocycles. The average Bonchev–Trinajstić information content (AvgIpc) is 2.92. The second-order valence-electron chi connectivity index (χ2n) is 13.6. The lowest BCUT2D eigenvalue weighted by Gasteiger charge is -2.15. The Labute approximate surface area is 257 Å². The third kappa shape index (κ3) is 30.2. The second-order valence-corrected chi connectivity index (χ2v) is 13.6. The summed E-state index contributed by atoms with van der Waals surface area (Å²) in [6.45, 7) is 14.3. The van der Waals surface area contributed by atoms with Crippen LogP contribution in [0.4, 0.5) is 0 Å². The van der Waals surface area contributed by atoms with Gasteiger partial charge in [-0.15, -0.1) is 0 Å². The molecule has 242 valence electrons. The molecule has 3 heteroatoms. The summed E-state index contributed by atoms with van der Waals surface area (Å²) in [5.41, 5.74) is 1.35. The molecule has 0 saturated carbocycles. The summed E-state index contributed by atoms with van der Waals surface area (Å²) in [6.07, 6.45) is 32.1. The first kappa shape index (κ1) is 39.9. The number of aliphatic hydroxyl groups is 1. The van der Waals surface area contributed by atoms with Crippen molar-refractivity contribution in [3.05, 3.63) is 23.8 Å². The molecule has 0 heterocycles. The highest BCUT2D eigenvalue weighted by molar-refractivity contribution is 5.69. The third-order valence-corrected chi connectivity index (χ3v) is 8.53. The van der Waals surface area contributed by atoms with Crippen LogP contribution in [0.1, 0.15) is 183 Å². The van der Waals surface area contributed by atoms with Crippen molar-refractivity contribution in [3.8, 4) is 0 Å². The average molecular weight is 577 g/mol. The zero-order valence-corrected chi connectivity index (χ0v) is 28.6. The number of hydrogen-bond donors (Lipinski definition) is 1. The SMILES string of the molecule is CCCCCC[C@@H](O)C/C=C\CCCCCCCC(=O)OC/C=C(\C)CCC[C@H](C)CCC[C@H](C)CCCC(C)C. The monoisotopic (exact) mass is 577 g/mol. The van der Waals surface area contributed by atoms with E-state index >= 15 is 0 Å². The molecular formula is C38H72O3. The second kappa shape index (κ2) is 29.0. The van der Waals surface area contributed by atoms with Crippen LogP contribution in [0.5, 0.6) is 0 Å². The molecule has 0 aromatic carbocycles. The molecular weight excluding hydrogens is 504 g/mol. The fourth-order valence-electron chi connectivity index (χ4n) is 5.52. The van der Waals surface area contributed by atoms with Gasteiger partial charge in [0.1, 0.15) is 6.61 Å². The normalized spacial score (nSPS) is 14.6. The van der Waals surface area contributed by atoms with E-state index in [0.29, 0.717) is 13.0 Å². The highest BCUT2D eigenvalue weighted by atomic mass is 16.5. The van der Waals surface area contributed by atoms with Crippen LogP contribution >= 0.6 is 0 Å². The Hall–Kier alpha value is -1.09. The standard InChI is InChI=1S/C38H72O3/c1-7-8-9-16-28-37(39)29-17-14-12-10-11-13-15-18-30-38(40)41-32-31-36(6)27-21-26-35(5)25-20-24-34(4)23-19-22-33(2)3/h14,17,31,33-35,37,39H,7-13,15-16,18-30,32H2,1-6H3/b17-14-,36-31+/t34-,35-,37-/m1/s1. The number of esters is 1. The number of carbonyl (C=O) groups excluding carboxylic acids is 1. The van der Waals surface area contributed by atoms with Gasteiger partial charge in [-0.25, -0.2) is 0 Å². The van der Waals surface area contributed by atoms with Crippen molar-refractivity contribution in [1.29, 1.82) is 0 Å². The molecule has 0 fully saturated rings. The third-order valence-electron chi connectivity index (χ3n) is 8.53. The van der Waals surface area contributed by atoms with Gasteiger partial charge < -0.3 is 9.84 Å². The first-order valence-electron chi connectivity index (χ1n) is 17.9. The number of carbonyl (C=O) groups is 1. The molecule has 0 aliphatic heterocycles. The van der Waals surface area contributed by atoms with Gasteiger partial charge >= 0.3 is 5.97 Å². The largest absolute Gasteiger partial charge is 0.461 e. The number of rotatable bonds is 29. The summed E-state index contributed by atoms with van der Waals surface area (Å²) in [7, 11) is 0. The molecule has 0 aromatic heterocycles. The van der Waals surface area contributed by atoms with Crippen molar-refractivity contribution < 1.29 is 14.6 Å². The summed E-state index contributed by atoms with van der Waals surface area (Å²) in [6, 6.07) is 0. The number of aliphatic hydroxyl groups excluding tert-OH is 1. The van der Waals surface area contributed by atoms with Gasteiger partial charge in [-0.1, -0.05) is 142 Å². The molecule has 3 atom stereocenters. The zero-order chi connectivity index (χ0) is 30.6. The summed E-state index contributed by atoms with van der Waals surface area (Å²) in [4.78, 5) is 12.0. The van der Waals surface area contributed by atoms with Gasteiger partial charge in [0.15, 0.2) is 0 Å². The molecule has 0 spiro atoms. The van der Waals surface area contributed by atoms with Crippen LogP contribution in [0.3, 0.4) is 0 Å². The van der Waals surface area contributed by atoms with Gasteiger partial charge in [-0.3, -0.25) is 4.79 Å². The number of ether oxygens (including phenoxy) is 1. The van der Waals surface area contributed by atoms with Crippen molar-refractivity contribution in [1.82, 2.24) is 0 Å². The van der Waals surface area contributed by atoms with Crippen LogP contribution < -0.4 is 0 Å². The molecule has 0 bridgehead atoms. The van der Waals surface area contributed by atoms with Crippen LogP contribution in [-0.2, 0) is 9.53 Å². The Balaban J connectivity index is 3.63. The molecule has 0 aromatic rings. The molecule has 0 unspecified atom stereocenters. The van der Waals surface area contributed by atoms with E-state index in [9.17, 15) is 9.90 Å². The molecule has 3 nitrogen and oxygen atoms in total. The fraction of sp³-hybridized carbons (Fsp3) is 0.868. The summed E-state index contributed by atoms with van der Waals surface area (Å²) in [5.74, 6) is 2.47. The molecule has 0 rings (SSSR count). The minimum absolute atomic E-state index is 0.0581. The van der Waals surface area contributed by atoms with Crippen LogP contribution in [0.2, 0.25) is 0 Å². The lowest BCUT2D eigenvalue weighted by molar-refractivity contribution is -0.142. The van der Waals surface area contributed by atoms with E-state index < -0.39 is 0 Å². The Morgan fingerprint density at radius 1 is 0.683 bits per heavy atom. The predicted molar refractivity (Wildman–Crippen MR) is 180 cm³/mol. The van der Waals surface area contributed by atoms with E-state index in [1.165, 1.54) is 95.5 Å². The van der Waals surface area contributed by atoms with Gasteiger partial charge in [0.2, 0.25) is 0 Å². The minimum atomic E-state index is -0.172. The van der Waals surface area contributed by atoms with Crippen LogP contribution in [0, 0.1) is 17.8 Å². The molecule has 0 radical (unpaired) electrons. The quantitative estimate of drug-likeness (QED) is 0.0547. The maximum atomic E-state index is 12.0. The summed E-state index contributed by atoms with van der Waals surface area (Å²) >= 11 is 0. The van der Waals surface area contributed by atoms with Gasteiger partial charge in [-0.2, -0.15) is 0 Å². The highest BCUT2D eigenvalue weighted by Gasteiger charge is 2.07. The first-order valence-corrected chi connectivity index (χ1v) is 17.9. The number of allylic oxidation sites excluding steroid dienone is 2. The zero-order valence-electron chi connectivity index (χ0n) is 28.6. The predicted octanol–water partition coefficient (Wildman–Crippen LogP) is 11.9. The number of hydrogen-bond acceptors (Lipinski definition) is 3. The van der Waals surface area contributed by atoms with E-state index in [-0.39, 0.29) is 12.1 Å². The lowest BCUT2D eigenvalue weighted by atomic mass is 9.91. The molecule has 1 N–H and O–H groups in total. The number of unbranched alkanes of at least 4 members (excludes halogenated alkanes) is 8. The van der Waals surface area contributed by atoms with Gasteiger partial charge in [-0.05, 0) is 75.7 Å². The Bertz CT molecular complexity index is 635. The van der Waals surface area contributed by atoms with Crippen LogP contribution in [-0.4, -0.2) is 23.8 Å². The van der Waals surface area contributed by atoms with Gasteiger partial charge in [0.25, 0.3) is 0 Å². The first-order chi connectivity index (χ1) is 19.7. The summed E-state index contributed by atoms with van der Waals surface area (Å²) < 4.78 is 5.44. The molecule has 0 aliphatic rings. The van der Waals surface area contributed by atoms with E-state index in [0.717, 1.165) is 62.7 Å². The lowest BCUT2D eigenvalue weighted by Crippen LogP contribution is -2.04. The Kier molecular flexibility index (Phi) is 28.2. The van der Waals surface area contributed by atoms with Crippen molar-refractivity contribution in [3.63, 3.8) is 0 Å². The molecule has 0 amide bonds. The van der Waals surface area contributed by atoms with Crippen LogP contribution in [0.15, 0.2) is 23.8 Å². The van der Waals surface area contributed by atoms with Crippen LogP contribution in [0.25, 0.3) is 0 Å². The Morgan fingerprint density at radius 3 is 1.98 bits per heavy atom. The summed E-state index contributed by atoms with van der Waals surface area (Å²) in [5, 5.41) is 10.00. The van der Waals surface area contributed by atoms with Gasteiger partial charge in [0.05, 0.1) is 6.10 Å². The highest BCUT2D eigenvalue weighted by Crippen LogP contribution is 2.22. The van der Waals surface area contributed by atoms with Crippen molar-refractivity contribution in [2.45, 2.75) is 189 Å². The van der Waals surface area contributed by atoms with E-state index in [2.05, 4.69) is 59.8 Å². The van der Waals surface area contributed by atoms with Crippen molar-refractivity contribution in [2.24, 2.45) is 17.8 Å². The van der Waals surface area contributed by atoms with Crippen molar-refractivity contribution >= 4 is 5.97 Å². The van der Waals surface area contributed by atoms with Gasteiger partial charge in [0, 0.05) is 6.42 Å². The maximum absolute atomic E-state index is 12.0. The van der Waals surface area contributed by atoms with E-state index in [1.807, 2.05) is 0 Å². The fourth-order valence-corrected chi connectivity index (χ4v) is 5.52. The molecule has 0 saturated heterocycles. The topological polar surface area (TPSA) is 46.5 Å². The van der Waals surface area contributed by atoms with Crippen molar-refractivity contribution in [2.75, 3.05) is 6.61 Å². The minimum Gasteiger partial charge on any atom is -0.461 e.